The van der Waals surface area contributed by atoms with Crippen molar-refractivity contribution in [2.24, 2.45) is 5.73 Å². The molecule has 2 rings (SSSR count). The number of nitrogens with two attached hydrogens (primary N) is 1. The van der Waals surface area contributed by atoms with Gasteiger partial charge in [-0.1, -0.05) is 12.1 Å². The number of hydrogen-bond acceptors (Lipinski definition) is 3. The van der Waals surface area contributed by atoms with Crippen LogP contribution in [-0.2, 0) is 4.79 Å². The summed E-state index contributed by atoms with van der Waals surface area (Å²) in [5.41, 5.74) is 7.79. The van der Waals surface area contributed by atoms with E-state index in [1.807, 2.05) is 31.2 Å². The van der Waals surface area contributed by atoms with E-state index in [2.05, 4.69) is 0 Å². The van der Waals surface area contributed by atoms with E-state index in [4.69, 9.17) is 10.5 Å². The number of nitrogens with zero attached hydrogens (tertiary/aromatic N) is 1. The first kappa shape index (κ1) is 13.6. The molecule has 1 atom stereocenters. The highest BCUT2D eigenvalue weighted by Gasteiger charge is 2.22. The average Bonchev–Trinajstić information content (AvgIpc) is 2.85. The first-order chi connectivity index (χ1) is 9.10. The minimum absolute atomic E-state index is 0.0428. The van der Waals surface area contributed by atoms with Crippen LogP contribution < -0.4 is 10.5 Å². The number of likely N-dealkylation sites (tertiary alicyclic amines) is 1. The van der Waals surface area contributed by atoms with Crippen LogP contribution in [0.4, 0.5) is 0 Å². The Kier molecular flexibility index (Phi) is 4.22. The molecule has 1 saturated heterocycles. The fourth-order valence-corrected chi connectivity index (χ4v) is 2.20. The Morgan fingerprint density at radius 1 is 1.42 bits per heavy atom. The number of ether oxygens (including phenoxy) is 1. The molecule has 1 heterocycles. The van der Waals surface area contributed by atoms with Crippen LogP contribution in [0.15, 0.2) is 30.3 Å². The first-order valence-electron chi connectivity index (χ1n) is 6.47. The standard InChI is InChI=1S/C15H20N2O2/c1-11(12-3-5-14(19-2)6-4-12)9-15(18)17-8-7-13(16)10-17/h3-6,9,13H,7-8,10,16H2,1-2H3/b11-9+/t13-/m1/s1. The van der Waals surface area contributed by atoms with Gasteiger partial charge < -0.3 is 15.4 Å². The molecule has 1 aromatic rings. The topological polar surface area (TPSA) is 55.6 Å². The predicted molar refractivity (Wildman–Crippen MR) is 75.8 cm³/mol. The minimum Gasteiger partial charge on any atom is -0.497 e. The predicted octanol–water partition coefficient (Wildman–Crippen LogP) is 1.66. The van der Waals surface area contributed by atoms with Gasteiger partial charge in [-0.15, -0.1) is 0 Å². The van der Waals surface area contributed by atoms with E-state index < -0.39 is 0 Å². The maximum Gasteiger partial charge on any atom is 0.246 e. The van der Waals surface area contributed by atoms with E-state index in [0.29, 0.717) is 6.54 Å². The van der Waals surface area contributed by atoms with Crippen molar-refractivity contribution < 1.29 is 9.53 Å². The molecule has 1 fully saturated rings. The SMILES string of the molecule is COc1ccc(/C(C)=C/C(=O)N2CC[C@@H](N)C2)cc1. The second kappa shape index (κ2) is 5.89. The summed E-state index contributed by atoms with van der Waals surface area (Å²) in [5, 5.41) is 0. The lowest BCUT2D eigenvalue weighted by molar-refractivity contribution is -0.125. The summed E-state index contributed by atoms with van der Waals surface area (Å²) < 4.78 is 5.11. The second-order valence-corrected chi connectivity index (χ2v) is 4.89. The van der Waals surface area contributed by atoms with E-state index in [9.17, 15) is 4.79 Å². The van der Waals surface area contributed by atoms with Crippen molar-refractivity contribution in [3.8, 4) is 5.75 Å². The molecule has 1 amide bonds. The summed E-state index contributed by atoms with van der Waals surface area (Å²) in [6.07, 6.45) is 2.57. The largest absolute Gasteiger partial charge is 0.497 e. The smallest absolute Gasteiger partial charge is 0.246 e. The van der Waals surface area contributed by atoms with Crippen LogP contribution in [0.5, 0.6) is 5.75 Å². The Labute approximate surface area is 113 Å². The number of hydrogen-bond donors (Lipinski definition) is 1. The van der Waals surface area contributed by atoms with Gasteiger partial charge in [0.1, 0.15) is 5.75 Å². The molecule has 0 saturated carbocycles. The van der Waals surface area contributed by atoms with Gasteiger partial charge in [-0.3, -0.25) is 4.79 Å². The molecular weight excluding hydrogens is 240 g/mol. The van der Waals surface area contributed by atoms with Crippen molar-refractivity contribution in [1.29, 1.82) is 0 Å². The Balaban J connectivity index is 2.07. The van der Waals surface area contributed by atoms with E-state index in [-0.39, 0.29) is 11.9 Å². The van der Waals surface area contributed by atoms with E-state index in [0.717, 1.165) is 29.9 Å². The third-order valence-electron chi connectivity index (χ3n) is 3.42. The normalized spacial score (nSPS) is 19.6. The zero-order chi connectivity index (χ0) is 13.8. The van der Waals surface area contributed by atoms with E-state index in [1.165, 1.54) is 0 Å². The molecule has 1 aromatic carbocycles. The number of carbonyl (C=O) groups excluding carboxylic acids is 1. The average molecular weight is 260 g/mol. The van der Waals surface area contributed by atoms with Crippen LogP contribution >= 0.6 is 0 Å². The fraction of sp³-hybridized carbons (Fsp3) is 0.400. The molecule has 0 radical (unpaired) electrons. The zero-order valence-electron chi connectivity index (χ0n) is 11.4. The van der Waals surface area contributed by atoms with Gasteiger partial charge in [0.05, 0.1) is 7.11 Å². The van der Waals surface area contributed by atoms with Gasteiger partial charge in [0.15, 0.2) is 0 Å². The van der Waals surface area contributed by atoms with E-state index in [1.54, 1.807) is 18.1 Å². The number of carbonyl (C=O) groups is 1. The van der Waals surface area contributed by atoms with Gasteiger partial charge in [0.2, 0.25) is 5.91 Å². The van der Waals surface area contributed by atoms with Gasteiger partial charge >= 0.3 is 0 Å². The fourth-order valence-electron chi connectivity index (χ4n) is 2.20. The third-order valence-corrected chi connectivity index (χ3v) is 3.42. The number of benzene rings is 1. The van der Waals surface area contributed by atoms with Crippen molar-refractivity contribution in [3.05, 3.63) is 35.9 Å². The monoisotopic (exact) mass is 260 g/mol. The number of allylic oxidation sites excluding steroid dienone is 1. The summed E-state index contributed by atoms with van der Waals surface area (Å²) in [4.78, 5) is 13.9. The molecule has 1 aliphatic heterocycles. The van der Waals surface area contributed by atoms with Crippen LogP contribution in [0.25, 0.3) is 5.57 Å². The minimum atomic E-state index is 0.0428. The van der Waals surface area contributed by atoms with E-state index >= 15 is 0 Å². The lowest BCUT2D eigenvalue weighted by atomic mass is 10.1. The van der Waals surface area contributed by atoms with Crippen molar-refractivity contribution in [2.75, 3.05) is 20.2 Å². The van der Waals surface area contributed by atoms with Crippen LogP contribution in [0.2, 0.25) is 0 Å². The molecule has 0 spiro atoms. The lowest BCUT2D eigenvalue weighted by Gasteiger charge is -2.13. The highest BCUT2D eigenvalue weighted by molar-refractivity contribution is 5.95. The summed E-state index contributed by atoms with van der Waals surface area (Å²) in [5.74, 6) is 0.856. The summed E-state index contributed by atoms with van der Waals surface area (Å²) in [6.45, 7) is 3.35. The van der Waals surface area contributed by atoms with Crippen LogP contribution in [0.1, 0.15) is 18.9 Å². The molecule has 19 heavy (non-hydrogen) atoms. The molecule has 0 aromatic heterocycles. The summed E-state index contributed by atoms with van der Waals surface area (Å²) >= 11 is 0. The van der Waals surface area contributed by atoms with Gasteiger partial charge in [0.25, 0.3) is 0 Å². The van der Waals surface area contributed by atoms with Crippen LogP contribution in [0, 0.1) is 0 Å². The third kappa shape index (κ3) is 3.35. The number of amides is 1. The zero-order valence-corrected chi connectivity index (χ0v) is 11.4. The van der Waals surface area contributed by atoms with Crippen molar-refractivity contribution in [1.82, 2.24) is 4.90 Å². The lowest BCUT2D eigenvalue weighted by Crippen LogP contribution is -2.30. The molecule has 2 N–H and O–H groups in total. The summed E-state index contributed by atoms with van der Waals surface area (Å²) in [6, 6.07) is 7.81. The van der Waals surface area contributed by atoms with Crippen LogP contribution in [0.3, 0.4) is 0 Å². The van der Waals surface area contributed by atoms with Gasteiger partial charge in [-0.25, -0.2) is 0 Å². The second-order valence-electron chi connectivity index (χ2n) is 4.89. The van der Waals surface area contributed by atoms with Gasteiger partial charge in [-0.2, -0.15) is 0 Å². The maximum absolute atomic E-state index is 12.1. The number of rotatable bonds is 3. The molecule has 1 aliphatic rings. The summed E-state index contributed by atoms with van der Waals surface area (Å²) in [7, 11) is 1.64. The quantitative estimate of drug-likeness (QED) is 0.841. The molecule has 0 aliphatic carbocycles. The molecular formula is C15H20N2O2. The highest BCUT2D eigenvalue weighted by Crippen LogP contribution is 2.19. The molecule has 4 heteroatoms. The highest BCUT2D eigenvalue weighted by atomic mass is 16.5. The van der Waals surface area contributed by atoms with Gasteiger partial charge in [0, 0.05) is 25.2 Å². The first-order valence-corrected chi connectivity index (χ1v) is 6.47. The Hall–Kier alpha value is -1.81. The molecule has 102 valence electrons. The molecule has 4 nitrogen and oxygen atoms in total. The molecule has 0 bridgehead atoms. The van der Waals surface area contributed by atoms with Gasteiger partial charge in [-0.05, 0) is 36.6 Å². The Morgan fingerprint density at radius 3 is 2.63 bits per heavy atom. The van der Waals surface area contributed by atoms with Crippen molar-refractivity contribution in [2.45, 2.75) is 19.4 Å². The molecule has 0 unspecified atom stereocenters. The Morgan fingerprint density at radius 2 is 2.11 bits per heavy atom. The van der Waals surface area contributed by atoms with Crippen LogP contribution in [-0.4, -0.2) is 37.0 Å². The number of methoxy groups -OCH3 is 1. The Bertz CT molecular complexity index is 479. The van der Waals surface area contributed by atoms with Crippen molar-refractivity contribution >= 4 is 11.5 Å². The maximum atomic E-state index is 12.1. The van der Waals surface area contributed by atoms with Crippen molar-refractivity contribution in [3.63, 3.8) is 0 Å².